The molecule has 0 radical (unpaired) electrons. The maximum atomic E-state index is 13.9. The van der Waals surface area contributed by atoms with E-state index < -0.39 is 29.0 Å². The maximum Gasteiger partial charge on any atom is 0.419 e. The molecule has 2 aromatic carbocycles. The first-order chi connectivity index (χ1) is 17.9. The number of benzene rings is 2. The standard InChI is InChI=1S/C29H38F3NO5/c1-21-7-5-8-22(17-21)9-6-16-37-25-11-10-23(18-24(25)29(30,31)32)12-13-28(19-36-20-35-4)15-14-27(2,3)38-26(34)33-28/h5,7-8,10-11,17-18H,6,9,12-16,19-20H2,1-4H3,(H,33,34). The van der Waals surface area contributed by atoms with Gasteiger partial charge in [0.2, 0.25) is 0 Å². The number of cyclic esters (lactones) is 1. The molecule has 6 nitrogen and oxygen atoms in total. The third-order valence-corrected chi connectivity index (χ3v) is 6.71. The summed E-state index contributed by atoms with van der Waals surface area (Å²) in [7, 11) is 1.50. The fourth-order valence-corrected chi connectivity index (χ4v) is 4.62. The minimum Gasteiger partial charge on any atom is -0.493 e. The van der Waals surface area contributed by atoms with Crippen molar-refractivity contribution in [2.24, 2.45) is 0 Å². The zero-order valence-corrected chi connectivity index (χ0v) is 22.6. The third kappa shape index (κ3) is 8.91. The van der Waals surface area contributed by atoms with Gasteiger partial charge in [-0.2, -0.15) is 13.2 Å². The van der Waals surface area contributed by atoms with E-state index in [2.05, 4.69) is 11.4 Å². The van der Waals surface area contributed by atoms with E-state index in [1.165, 1.54) is 13.2 Å². The van der Waals surface area contributed by atoms with Crippen molar-refractivity contribution in [3.05, 3.63) is 64.7 Å². The summed E-state index contributed by atoms with van der Waals surface area (Å²) < 4.78 is 63.4. The molecule has 0 aliphatic carbocycles. The SMILES string of the molecule is COCOCC1(CCc2ccc(OCCCc3cccc(C)c3)c(C(F)(F)F)c2)CCC(C)(C)OC(=O)N1. The molecule has 2 aromatic rings. The number of carbonyl (C=O) groups is 1. The van der Waals surface area contributed by atoms with Crippen LogP contribution in [0.25, 0.3) is 0 Å². The molecule has 1 fully saturated rings. The van der Waals surface area contributed by atoms with Crippen molar-refractivity contribution in [3.8, 4) is 5.75 Å². The first-order valence-corrected chi connectivity index (χ1v) is 12.9. The number of alkyl carbamates (subject to hydrolysis) is 1. The van der Waals surface area contributed by atoms with Gasteiger partial charge in [0, 0.05) is 7.11 Å². The second-order valence-corrected chi connectivity index (χ2v) is 10.6. The zero-order chi connectivity index (χ0) is 27.8. The van der Waals surface area contributed by atoms with E-state index in [4.69, 9.17) is 18.9 Å². The van der Waals surface area contributed by atoms with E-state index in [1.54, 1.807) is 6.07 Å². The van der Waals surface area contributed by atoms with Crippen LogP contribution in [0.4, 0.5) is 18.0 Å². The lowest BCUT2D eigenvalue weighted by atomic mass is 9.84. The lowest BCUT2D eigenvalue weighted by Crippen LogP contribution is -2.51. The molecule has 0 bridgehead atoms. The van der Waals surface area contributed by atoms with Crippen molar-refractivity contribution < 1.29 is 36.9 Å². The average Bonchev–Trinajstić information content (AvgIpc) is 2.95. The Kier molecular flexibility index (Phi) is 10.1. The Morgan fingerprint density at radius 3 is 2.53 bits per heavy atom. The van der Waals surface area contributed by atoms with Crippen molar-refractivity contribution >= 4 is 6.09 Å². The Hall–Kier alpha value is -2.78. The van der Waals surface area contributed by atoms with Crippen LogP contribution in [0, 0.1) is 6.92 Å². The fraction of sp³-hybridized carbons (Fsp3) is 0.552. The van der Waals surface area contributed by atoms with Crippen molar-refractivity contribution in [1.29, 1.82) is 0 Å². The van der Waals surface area contributed by atoms with Crippen molar-refractivity contribution in [1.82, 2.24) is 5.32 Å². The van der Waals surface area contributed by atoms with Crippen molar-refractivity contribution in [3.63, 3.8) is 0 Å². The van der Waals surface area contributed by atoms with Crippen LogP contribution in [0.15, 0.2) is 42.5 Å². The van der Waals surface area contributed by atoms with Crippen LogP contribution in [0.5, 0.6) is 5.75 Å². The number of methoxy groups -OCH3 is 1. The monoisotopic (exact) mass is 537 g/mol. The molecule has 0 saturated carbocycles. The zero-order valence-electron chi connectivity index (χ0n) is 22.6. The molecule has 210 valence electrons. The number of ether oxygens (including phenoxy) is 4. The first kappa shape index (κ1) is 29.8. The molecule has 1 saturated heterocycles. The molecule has 1 unspecified atom stereocenters. The van der Waals surface area contributed by atoms with Gasteiger partial charge in [-0.15, -0.1) is 0 Å². The third-order valence-electron chi connectivity index (χ3n) is 6.71. The van der Waals surface area contributed by atoms with Gasteiger partial charge in [0.25, 0.3) is 0 Å². The predicted octanol–water partition coefficient (Wildman–Crippen LogP) is 6.62. The molecule has 1 atom stereocenters. The normalized spacial score (nSPS) is 19.4. The number of carbonyl (C=O) groups excluding carboxylic acids is 1. The molecule has 3 rings (SSSR count). The number of alkyl halides is 3. The molecule has 1 aliphatic heterocycles. The van der Waals surface area contributed by atoms with Gasteiger partial charge in [-0.25, -0.2) is 4.79 Å². The Bertz CT molecular complexity index is 1070. The van der Waals surface area contributed by atoms with E-state index in [9.17, 15) is 18.0 Å². The molecule has 1 amide bonds. The van der Waals surface area contributed by atoms with Gasteiger partial charge in [-0.05, 0) is 82.6 Å². The highest BCUT2D eigenvalue weighted by atomic mass is 19.4. The van der Waals surface area contributed by atoms with Crippen LogP contribution in [-0.4, -0.2) is 44.3 Å². The van der Waals surface area contributed by atoms with E-state index >= 15 is 0 Å². The van der Waals surface area contributed by atoms with E-state index in [-0.39, 0.29) is 25.8 Å². The van der Waals surface area contributed by atoms with E-state index in [1.807, 2.05) is 39.0 Å². The summed E-state index contributed by atoms with van der Waals surface area (Å²) in [4.78, 5) is 12.4. The summed E-state index contributed by atoms with van der Waals surface area (Å²) in [5.74, 6) is -0.179. The molecule has 38 heavy (non-hydrogen) atoms. The maximum absolute atomic E-state index is 13.9. The average molecular weight is 538 g/mol. The Morgan fingerprint density at radius 2 is 1.82 bits per heavy atom. The van der Waals surface area contributed by atoms with Crippen LogP contribution >= 0.6 is 0 Å². The molecule has 1 heterocycles. The first-order valence-electron chi connectivity index (χ1n) is 12.9. The lowest BCUT2D eigenvalue weighted by Gasteiger charge is -2.32. The largest absolute Gasteiger partial charge is 0.493 e. The number of hydrogen-bond acceptors (Lipinski definition) is 5. The van der Waals surface area contributed by atoms with Crippen molar-refractivity contribution in [2.75, 3.05) is 27.1 Å². The number of rotatable bonds is 12. The smallest absolute Gasteiger partial charge is 0.419 e. The summed E-state index contributed by atoms with van der Waals surface area (Å²) in [6.45, 7) is 6.03. The topological polar surface area (TPSA) is 66.0 Å². The minimum atomic E-state index is -4.56. The van der Waals surface area contributed by atoms with Crippen LogP contribution < -0.4 is 10.1 Å². The number of halogens is 3. The van der Waals surface area contributed by atoms with E-state index in [0.29, 0.717) is 37.7 Å². The van der Waals surface area contributed by atoms with Gasteiger partial charge in [0.1, 0.15) is 18.1 Å². The molecular weight excluding hydrogens is 499 g/mol. The van der Waals surface area contributed by atoms with Gasteiger partial charge in [-0.3, -0.25) is 0 Å². The Morgan fingerprint density at radius 1 is 1.05 bits per heavy atom. The molecule has 9 heteroatoms. The second kappa shape index (κ2) is 12.8. The summed E-state index contributed by atoms with van der Waals surface area (Å²) >= 11 is 0. The minimum absolute atomic E-state index is 0.0377. The molecule has 1 aliphatic rings. The number of aryl methyl sites for hydroxylation is 3. The lowest BCUT2D eigenvalue weighted by molar-refractivity contribution is -0.139. The van der Waals surface area contributed by atoms with E-state index in [0.717, 1.165) is 23.6 Å². The highest BCUT2D eigenvalue weighted by Crippen LogP contribution is 2.38. The van der Waals surface area contributed by atoms with Gasteiger partial charge < -0.3 is 24.3 Å². The fourth-order valence-electron chi connectivity index (χ4n) is 4.62. The van der Waals surface area contributed by atoms with Crippen LogP contribution in [0.3, 0.4) is 0 Å². The number of amides is 1. The highest BCUT2D eigenvalue weighted by Gasteiger charge is 2.40. The van der Waals surface area contributed by atoms with Crippen LogP contribution in [-0.2, 0) is 33.2 Å². The second-order valence-electron chi connectivity index (χ2n) is 10.6. The van der Waals surface area contributed by atoms with Crippen LogP contribution in [0.2, 0.25) is 0 Å². The van der Waals surface area contributed by atoms with Crippen molar-refractivity contribution in [2.45, 2.75) is 76.6 Å². The Labute approximate surface area is 222 Å². The summed E-state index contributed by atoms with van der Waals surface area (Å²) in [5, 5.41) is 2.90. The highest BCUT2D eigenvalue weighted by molar-refractivity contribution is 5.69. The van der Waals surface area contributed by atoms with Gasteiger partial charge in [0.05, 0.1) is 24.3 Å². The van der Waals surface area contributed by atoms with Gasteiger partial charge >= 0.3 is 12.3 Å². The number of nitrogens with one attached hydrogen (secondary N) is 1. The molecular formula is C29H38F3NO5. The summed E-state index contributed by atoms with van der Waals surface area (Å²) in [6.07, 6.45) is -2.02. The molecule has 0 spiro atoms. The van der Waals surface area contributed by atoms with Crippen LogP contribution in [0.1, 0.15) is 61.8 Å². The quantitative estimate of drug-likeness (QED) is 0.244. The molecule has 0 aromatic heterocycles. The Balaban J connectivity index is 1.69. The number of hydrogen-bond donors (Lipinski definition) is 1. The summed E-state index contributed by atoms with van der Waals surface area (Å²) in [5.41, 5.74) is 0.508. The summed E-state index contributed by atoms with van der Waals surface area (Å²) in [6, 6.07) is 12.2. The predicted molar refractivity (Wildman–Crippen MR) is 138 cm³/mol. The van der Waals surface area contributed by atoms with Gasteiger partial charge in [-0.1, -0.05) is 35.9 Å². The molecule has 1 N–H and O–H groups in total. The van der Waals surface area contributed by atoms with Gasteiger partial charge in [0.15, 0.2) is 0 Å².